The lowest BCUT2D eigenvalue weighted by molar-refractivity contribution is 0.196. The Bertz CT molecular complexity index is 893. The Balaban J connectivity index is 2.10. The number of phenolic OH excluding ortho intramolecular Hbond substituents is 3. The average molecular weight is 342 g/mol. The van der Waals surface area contributed by atoms with Gasteiger partial charge in [-0.25, -0.2) is 4.98 Å². The molecular weight excluding hydrogens is 324 g/mol. The lowest BCUT2D eigenvalue weighted by Crippen LogP contribution is -2.28. The molecule has 0 saturated carbocycles. The van der Waals surface area contributed by atoms with Crippen molar-refractivity contribution in [3.63, 3.8) is 0 Å². The van der Waals surface area contributed by atoms with Gasteiger partial charge in [-0.1, -0.05) is 0 Å². The van der Waals surface area contributed by atoms with E-state index >= 15 is 0 Å². The van der Waals surface area contributed by atoms with Crippen LogP contribution in [-0.4, -0.2) is 49.6 Å². The van der Waals surface area contributed by atoms with Gasteiger partial charge in [0.25, 0.3) is 0 Å². The number of phenols is 3. The van der Waals surface area contributed by atoms with Gasteiger partial charge in [-0.3, -0.25) is 4.98 Å². The van der Waals surface area contributed by atoms with E-state index in [1.54, 1.807) is 18.3 Å². The zero-order chi connectivity index (χ0) is 18.0. The number of nitrogens with two attached hydrogens (primary N) is 1. The molecule has 0 aliphatic carbocycles. The lowest BCUT2D eigenvalue weighted by Gasteiger charge is -2.14. The minimum atomic E-state index is -0.723. The number of hydrogen-bond donors (Lipinski definition) is 6. The van der Waals surface area contributed by atoms with E-state index in [-0.39, 0.29) is 13.1 Å². The number of rotatable bonds is 5. The molecule has 0 bridgehead atoms. The van der Waals surface area contributed by atoms with Crippen LogP contribution in [0, 0.1) is 0 Å². The number of anilines is 1. The van der Waals surface area contributed by atoms with Gasteiger partial charge < -0.3 is 31.5 Å². The summed E-state index contributed by atoms with van der Waals surface area (Å²) >= 11 is 0. The smallest absolute Gasteiger partial charge is 0.200 e. The van der Waals surface area contributed by atoms with Crippen molar-refractivity contribution in [1.82, 2.24) is 9.97 Å². The monoisotopic (exact) mass is 342 g/mol. The summed E-state index contributed by atoms with van der Waals surface area (Å²) in [5.41, 5.74) is 6.90. The van der Waals surface area contributed by atoms with Crippen molar-refractivity contribution in [2.45, 2.75) is 6.10 Å². The summed E-state index contributed by atoms with van der Waals surface area (Å²) < 4.78 is 0. The van der Waals surface area contributed by atoms with Crippen LogP contribution in [0.4, 0.5) is 5.82 Å². The number of aliphatic hydroxyl groups is 1. The highest BCUT2D eigenvalue weighted by Crippen LogP contribution is 2.39. The number of pyridine rings is 2. The van der Waals surface area contributed by atoms with Gasteiger partial charge >= 0.3 is 0 Å². The predicted octanol–water partition coefficient (Wildman–Crippen LogP) is 1.15. The van der Waals surface area contributed by atoms with Crippen LogP contribution in [0.2, 0.25) is 0 Å². The molecular formula is C17H18N4O4. The average Bonchev–Trinajstić information content (AvgIpc) is 2.63. The first-order valence-corrected chi connectivity index (χ1v) is 7.62. The van der Waals surface area contributed by atoms with Gasteiger partial charge in [-0.2, -0.15) is 0 Å². The number of aromatic hydroxyl groups is 3. The molecule has 0 saturated heterocycles. The molecule has 3 aromatic rings. The number of fused-ring (bicyclic) bond motifs is 1. The Morgan fingerprint density at radius 3 is 2.52 bits per heavy atom. The number of hydrogen-bond acceptors (Lipinski definition) is 8. The quantitative estimate of drug-likeness (QED) is 0.379. The molecule has 8 heteroatoms. The summed E-state index contributed by atoms with van der Waals surface area (Å²) in [6.45, 7) is 0.325. The summed E-state index contributed by atoms with van der Waals surface area (Å²) in [5, 5.41) is 42.4. The van der Waals surface area contributed by atoms with Crippen LogP contribution in [0.3, 0.4) is 0 Å². The fourth-order valence-corrected chi connectivity index (χ4v) is 2.41. The zero-order valence-electron chi connectivity index (χ0n) is 13.2. The van der Waals surface area contributed by atoms with E-state index < -0.39 is 23.4 Å². The third kappa shape index (κ3) is 3.39. The highest BCUT2D eigenvalue weighted by Gasteiger charge is 2.14. The molecule has 2 heterocycles. The molecule has 25 heavy (non-hydrogen) atoms. The summed E-state index contributed by atoms with van der Waals surface area (Å²) in [6, 6.07) is 7.90. The molecule has 130 valence electrons. The maximum absolute atomic E-state index is 9.72. The molecule has 3 rings (SSSR count). The molecule has 0 fully saturated rings. The van der Waals surface area contributed by atoms with E-state index in [4.69, 9.17) is 5.73 Å². The van der Waals surface area contributed by atoms with Crippen LogP contribution < -0.4 is 11.1 Å². The van der Waals surface area contributed by atoms with E-state index in [1.165, 1.54) is 12.1 Å². The maximum Gasteiger partial charge on any atom is 0.200 e. The van der Waals surface area contributed by atoms with Crippen LogP contribution in [0.1, 0.15) is 0 Å². The summed E-state index contributed by atoms with van der Waals surface area (Å²) in [5.74, 6) is -1.01. The first-order valence-electron chi connectivity index (χ1n) is 7.62. The highest BCUT2D eigenvalue weighted by atomic mass is 16.3. The van der Waals surface area contributed by atoms with Crippen LogP contribution >= 0.6 is 0 Å². The number of aliphatic hydroxyl groups excluding tert-OH is 1. The second-order valence-corrected chi connectivity index (χ2v) is 5.56. The standard InChI is InChI=1S/C17H18N4O4/c18-7-10(22)8-20-17-11-2-1-3-19-13(11)6-12(21-17)9-4-14(23)16(25)15(24)5-9/h1-6,10,22-25H,7-8,18H2,(H,20,21). The van der Waals surface area contributed by atoms with Crippen LogP contribution in [0.25, 0.3) is 22.2 Å². The van der Waals surface area contributed by atoms with Crippen molar-refractivity contribution in [3.05, 3.63) is 36.5 Å². The number of benzene rings is 1. The van der Waals surface area contributed by atoms with Crippen molar-refractivity contribution in [1.29, 1.82) is 0 Å². The Morgan fingerprint density at radius 2 is 1.84 bits per heavy atom. The van der Waals surface area contributed by atoms with Gasteiger partial charge in [-0.05, 0) is 30.3 Å². The van der Waals surface area contributed by atoms with Gasteiger partial charge in [0.1, 0.15) is 5.82 Å². The minimum absolute atomic E-state index is 0.114. The minimum Gasteiger partial charge on any atom is -0.504 e. The van der Waals surface area contributed by atoms with E-state index in [0.717, 1.165) is 5.39 Å². The summed E-state index contributed by atoms with van der Waals surface area (Å²) in [7, 11) is 0. The van der Waals surface area contributed by atoms with Crippen molar-refractivity contribution < 1.29 is 20.4 Å². The molecule has 0 amide bonds. The molecule has 0 spiro atoms. The van der Waals surface area contributed by atoms with Gasteiger partial charge in [-0.15, -0.1) is 0 Å². The SMILES string of the molecule is NCC(O)CNc1nc(-c2cc(O)c(O)c(O)c2)cc2ncccc12. The number of nitrogens with zero attached hydrogens (tertiary/aromatic N) is 2. The van der Waals surface area contributed by atoms with Crippen molar-refractivity contribution in [2.75, 3.05) is 18.4 Å². The van der Waals surface area contributed by atoms with Crippen molar-refractivity contribution in [3.8, 4) is 28.5 Å². The highest BCUT2D eigenvalue weighted by molar-refractivity contribution is 5.92. The maximum atomic E-state index is 9.72. The zero-order valence-corrected chi connectivity index (χ0v) is 13.2. The molecule has 7 N–H and O–H groups in total. The van der Waals surface area contributed by atoms with E-state index in [2.05, 4.69) is 15.3 Å². The Kier molecular flexibility index (Phi) is 4.55. The van der Waals surface area contributed by atoms with E-state index in [1.807, 2.05) is 6.07 Å². The van der Waals surface area contributed by atoms with Crippen LogP contribution in [0.15, 0.2) is 36.5 Å². The fourth-order valence-electron chi connectivity index (χ4n) is 2.41. The molecule has 8 nitrogen and oxygen atoms in total. The topological polar surface area (TPSA) is 145 Å². The largest absolute Gasteiger partial charge is 0.504 e. The molecule has 2 aromatic heterocycles. The van der Waals surface area contributed by atoms with E-state index in [9.17, 15) is 20.4 Å². The Morgan fingerprint density at radius 1 is 1.12 bits per heavy atom. The van der Waals surface area contributed by atoms with Crippen LogP contribution in [-0.2, 0) is 0 Å². The third-order valence-electron chi connectivity index (χ3n) is 3.74. The molecule has 0 aliphatic rings. The summed E-state index contributed by atoms with van der Waals surface area (Å²) in [6.07, 6.45) is 0.912. The second-order valence-electron chi connectivity index (χ2n) is 5.56. The number of aromatic nitrogens is 2. The third-order valence-corrected chi connectivity index (χ3v) is 3.74. The normalized spacial score (nSPS) is 12.2. The van der Waals surface area contributed by atoms with Gasteiger partial charge in [0, 0.05) is 30.2 Å². The molecule has 0 radical (unpaired) electrons. The van der Waals surface area contributed by atoms with Gasteiger partial charge in [0.2, 0.25) is 0 Å². The predicted molar refractivity (Wildman–Crippen MR) is 93.5 cm³/mol. The fraction of sp³-hybridized carbons (Fsp3) is 0.176. The Hall–Kier alpha value is -3.10. The molecule has 1 unspecified atom stereocenters. The number of nitrogens with one attached hydrogen (secondary N) is 1. The first kappa shape index (κ1) is 16.7. The molecule has 1 aromatic carbocycles. The Labute approximate surface area is 143 Å². The van der Waals surface area contributed by atoms with E-state index in [0.29, 0.717) is 22.6 Å². The molecule has 1 atom stereocenters. The van der Waals surface area contributed by atoms with Crippen LogP contribution in [0.5, 0.6) is 17.2 Å². The van der Waals surface area contributed by atoms with Crippen molar-refractivity contribution in [2.24, 2.45) is 5.73 Å². The van der Waals surface area contributed by atoms with Gasteiger partial charge in [0.15, 0.2) is 17.2 Å². The van der Waals surface area contributed by atoms with Crippen molar-refractivity contribution >= 4 is 16.7 Å². The second kappa shape index (κ2) is 6.80. The molecule has 0 aliphatic heterocycles. The first-order chi connectivity index (χ1) is 12.0. The lowest BCUT2D eigenvalue weighted by atomic mass is 10.1. The summed E-state index contributed by atoms with van der Waals surface area (Å²) in [4.78, 5) is 8.78. The van der Waals surface area contributed by atoms with Gasteiger partial charge in [0.05, 0.1) is 17.3 Å².